The summed E-state index contributed by atoms with van der Waals surface area (Å²) in [6.45, 7) is 0.152. The van der Waals surface area contributed by atoms with Crippen LogP contribution >= 0.6 is 23.4 Å². The van der Waals surface area contributed by atoms with Crippen LogP contribution in [-0.2, 0) is 6.54 Å². The van der Waals surface area contributed by atoms with Crippen molar-refractivity contribution in [3.63, 3.8) is 0 Å². The molecule has 2 aromatic rings. The molecule has 2 N–H and O–H groups in total. The summed E-state index contributed by atoms with van der Waals surface area (Å²) in [6, 6.07) is 8.35. The van der Waals surface area contributed by atoms with Crippen molar-refractivity contribution >= 4 is 23.4 Å². The summed E-state index contributed by atoms with van der Waals surface area (Å²) in [5, 5.41) is 1.19. The van der Waals surface area contributed by atoms with Gasteiger partial charge in [0.2, 0.25) is 0 Å². The van der Waals surface area contributed by atoms with Crippen molar-refractivity contribution in [2.45, 2.75) is 16.5 Å². The van der Waals surface area contributed by atoms with E-state index in [9.17, 15) is 4.39 Å². The first kappa shape index (κ1) is 12.4. The van der Waals surface area contributed by atoms with Gasteiger partial charge in [0.1, 0.15) is 10.8 Å². The summed E-state index contributed by atoms with van der Waals surface area (Å²) in [4.78, 5) is 4.89. The van der Waals surface area contributed by atoms with Gasteiger partial charge >= 0.3 is 0 Å². The summed E-state index contributed by atoms with van der Waals surface area (Å²) < 4.78 is 13.5. The van der Waals surface area contributed by atoms with E-state index in [0.717, 1.165) is 4.90 Å². The molecule has 88 valence electrons. The second-order valence-corrected chi connectivity index (χ2v) is 4.75. The van der Waals surface area contributed by atoms with E-state index < -0.39 is 0 Å². The normalized spacial score (nSPS) is 10.5. The molecule has 1 heterocycles. The lowest BCUT2D eigenvalue weighted by atomic mass is 10.2. The van der Waals surface area contributed by atoms with Crippen LogP contribution in [0.3, 0.4) is 0 Å². The topological polar surface area (TPSA) is 38.9 Å². The standard InChI is InChI=1S/C12H10ClFN2S/c13-9-3-2-6-16-12(9)17-11-5-1-4-10(14)8(11)7-15/h1-6H,7,15H2. The molecule has 0 radical (unpaired) electrons. The van der Waals surface area contributed by atoms with E-state index in [-0.39, 0.29) is 12.4 Å². The molecule has 0 fully saturated rings. The highest BCUT2D eigenvalue weighted by Crippen LogP contribution is 2.33. The Kier molecular flexibility index (Phi) is 3.99. The highest BCUT2D eigenvalue weighted by molar-refractivity contribution is 7.99. The maximum absolute atomic E-state index is 13.5. The molecule has 5 heteroatoms. The molecule has 0 aliphatic rings. The van der Waals surface area contributed by atoms with Crippen LogP contribution in [-0.4, -0.2) is 4.98 Å². The third kappa shape index (κ3) is 2.77. The van der Waals surface area contributed by atoms with Gasteiger partial charge in [-0.3, -0.25) is 0 Å². The van der Waals surface area contributed by atoms with Gasteiger partial charge < -0.3 is 5.73 Å². The molecule has 0 atom stereocenters. The van der Waals surface area contributed by atoms with Gasteiger partial charge in [-0.2, -0.15) is 0 Å². The van der Waals surface area contributed by atoms with Gasteiger partial charge in [0, 0.05) is 23.2 Å². The van der Waals surface area contributed by atoms with E-state index in [4.69, 9.17) is 17.3 Å². The fourth-order valence-electron chi connectivity index (χ4n) is 1.38. The molecular weight excluding hydrogens is 259 g/mol. The van der Waals surface area contributed by atoms with Gasteiger partial charge in [-0.1, -0.05) is 29.4 Å². The highest BCUT2D eigenvalue weighted by atomic mass is 35.5. The largest absolute Gasteiger partial charge is 0.326 e. The molecule has 0 aliphatic heterocycles. The lowest BCUT2D eigenvalue weighted by Crippen LogP contribution is -2.01. The van der Waals surface area contributed by atoms with E-state index in [1.165, 1.54) is 17.8 Å². The molecule has 0 unspecified atom stereocenters. The summed E-state index contributed by atoms with van der Waals surface area (Å²) in [5.41, 5.74) is 6.02. The fourth-order valence-corrected chi connectivity index (χ4v) is 2.56. The number of hydrogen-bond donors (Lipinski definition) is 1. The van der Waals surface area contributed by atoms with Crippen LogP contribution in [0.4, 0.5) is 4.39 Å². The minimum Gasteiger partial charge on any atom is -0.326 e. The first-order valence-corrected chi connectivity index (χ1v) is 6.17. The number of nitrogens with zero attached hydrogens (tertiary/aromatic N) is 1. The quantitative estimate of drug-likeness (QED) is 0.926. The predicted molar refractivity (Wildman–Crippen MR) is 67.7 cm³/mol. The summed E-state index contributed by atoms with van der Waals surface area (Å²) >= 11 is 7.32. The second-order valence-electron chi connectivity index (χ2n) is 3.31. The number of halogens is 2. The average Bonchev–Trinajstić information content (AvgIpc) is 2.32. The molecule has 17 heavy (non-hydrogen) atoms. The molecule has 2 nitrogen and oxygen atoms in total. The Hall–Kier alpha value is -1.10. The Bertz CT molecular complexity index is 534. The van der Waals surface area contributed by atoms with E-state index in [1.54, 1.807) is 30.5 Å². The zero-order chi connectivity index (χ0) is 12.3. The van der Waals surface area contributed by atoms with E-state index in [1.807, 2.05) is 0 Å². The molecule has 0 aliphatic carbocycles. The van der Waals surface area contributed by atoms with Gasteiger partial charge in [0.15, 0.2) is 0 Å². The molecule has 0 bridgehead atoms. The molecule has 0 amide bonds. The van der Waals surface area contributed by atoms with Crippen molar-refractivity contribution < 1.29 is 4.39 Å². The van der Waals surface area contributed by atoms with Crippen LogP contribution in [0, 0.1) is 5.82 Å². The van der Waals surface area contributed by atoms with E-state index in [0.29, 0.717) is 15.6 Å². The van der Waals surface area contributed by atoms with E-state index in [2.05, 4.69) is 4.98 Å². The van der Waals surface area contributed by atoms with Crippen molar-refractivity contribution in [3.8, 4) is 0 Å². The van der Waals surface area contributed by atoms with Crippen molar-refractivity contribution in [1.82, 2.24) is 4.98 Å². The van der Waals surface area contributed by atoms with Crippen molar-refractivity contribution in [2.24, 2.45) is 5.73 Å². The van der Waals surface area contributed by atoms with Crippen LogP contribution in [0.15, 0.2) is 46.5 Å². The Morgan fingerprint density at radius 2 is 2.12 bits per heavy atom. The van der Waals surface area contributed by atoms with Gasteiger partial charge in [-0.25, -0.2) is 9.37 Å². The summed E-state index contributed by atoms with van der Waals surface area (Å²) in [6.07, 6.45) is 1.65. The first-order valence-electron chi connectivity index (χ1n) is 4.98. The van der Waals surface area contributed by atoms with Crippen LogP contribution in [0.2, 0.25) is 5.02 Å². The number of benzene rings is 1. The number of rotatable bonds is 3. The number of hydrogen-bond acceptors (Lipinski definition) is 3. The fraction of sp³-hybridized carbons (Fsp3) is 0.0833. The zero-order valence-electron chi connectivity index (χ0n) is 8.86. The third-order valence-corrected chi connectivity index (χ3v) is 3.75. The third-order valence-electron chi connectivity index (χ3n) is 2.21. The summed E-state index contributed by atoms with van der Waals surface area (Å²) in [5.74, 6) is -0.301. The van der Waals surface area contributed by atoms with Crippen LogP contribution in [0.1, 0.15) is 5.56 Å². The van der Waals surface area contributed by atoms with Crippen LogP contribution in [0.5, 0.6) is 0 Å². The number of pyridine rings is 1. The van der Waals surface area contributed by atoms with Gasteiger partial charge in [0.05, 0.1) is 5.02 Å². The summed E-state index contributed by atoms with van der Waals surface area (Å²) in [7, 11) is 0. The maximum Gasteiger partial charge on any atom is 0.128 e. The first-order chi connectivity index (χ1) is 8.22. The van der Waals surface area contributed by atoms with Crippen LogP contribution < -0.4 is 5.73 Å². The Balaban J connectivity index is 2.37. The number of nitrogens with two attached hydrogens (primary N) is 1. The zero-order valence-corrected chi connectivity index (χ0v) is 10.4. The van der Waals surface area contributed by atoms with Gasteiger partial charge in [0.25, 0.3) is 0 Å². The lowest BCUT2D eigenvalue weighted by Gasteiger charge is -2.08. The smallest absolute Gasteiger partial charge is 0.128 e. The van der Waals surface area contributed by atoms with Gasteiger partial charge in [-0.15, -0.1) is 0 Å². The molecule has 1 aromatic heterocycles. The Labute approximate surface area is 108 Å². The average molecular weight is 269 g/mol. The monoisotopic (exact) mass is 268 g/mol. The minimum absolute atomic E-state index is 0.152. The van der Waals surface area contributed by atoms with Crippen LogP contribution in [0.25, 0.3) is 0 Å². The Morgan fingerprint density at radius 1 is 1.29 bits per heavy atom. The second kappa shape index (κ2) is 5.49. The molecule has 2 rings (SSSR count). The molecule has 0 spiro atoms. The molecule has 1 aromatic carbocycles. The molecule has 0 saturated carbocycles. The van der Waals surface area contributed by atoms with Crippen molar-refractivity contribution in [1.29, 1.82) is 0 Å². The van der Waals surface area contributed by atoms with Crippen molar-refractivity contribution in [3.05, 3.63) is 52.9 Å². The minimum atomic E-state index is -0.301. The Morgan fingerprint density at radius 3 is 2.82 bits per heavy atom. The lowest BCUT2D eigenvalue weighted by molar-refractivity contribution is 0.604. The molecular formula is C12H10ClFN2S. The molecule has 0 saturated heterocycles. The maximum atomic E-state index is 13.5. The SMILES string of the molecule is NCc1c(F)cccc1Sc1ncccc1Cl. The van der Waals surface area contributed by atoms with E-state index >= 15 is 0 Å². The highest BCUT2D eigenvalue weighted by Gasteiger charge is 2.10. The predicted octanol–water partition coefficient (Wildman–Crippen LogP) is 3.48. The van der Waals surface area contributed by atoms with Gasteiger partial charge in [-0.05, 0) is 24.3 Å². The number of aromatic nitrogens is 1. The van der Waals surface area contributed by atoms with Crippen molar-refractivity contribution in [2.75, 3.05) is 0 Å².